The highest BCUT2D eigenvalue weighted by molar-refractivity contribution is 5.32. The summed E-state index contributed by atoms with van der Waals surface area (Å²) in [4.78, 5) is 6.81. The number of nitrogens with two attached hydrogens (primary N) is 1. The third-order valence-electron chi connectivity index (χ3n) is 3.72. The van der Waals surface area contributed by atoms with Gasteiger partial charge in [-0.05, 0) is 26.7 Å². The second kappa shape index (κ2) is 6.09. The lowest BCUT2D eigenvalue weighted by Gasteiger charge is -2.34. The van der Waals surface area contributed by atoms with Crippen LogP contribution in [0, 0.1) is 13.8 Å². The van der Waals surface area contributed by atoms with Gasteiger partial charge < -0.3 is 10.6 Å². The molecule has 1 aromatic heterocycles. The largest absolute Gasteiger partial charge is 0.335 e. The molecule has 0 unspecified atom stereocenters. The van der Waals surface area contributed by atoms with Crippen LogP contribution in [-0.2, 0) is 0 Å². The number of rotatable bonds is 4. The lowest BCUT2D eigenvalue weighted by molar-refractivity contribution is 0.410. The summed E-state index contributed by atoms with van der Waals surface area (Å²) in [5, 5.41) is 8.42. The summed E-state index contributed by atoms with van der Waals surface area (Å²) < 4.78 is 0. The maximum Gasteiger partial charge on any atom is 0.245 e. The number of hydrogen-bond acceptors (Lipinski definition) is 5. The molecule has 0 amide bonds. The lowest BCUT2D eigenvalue weighted by atomic mass is 9.94. The molecule has 1 aliphatic carbocycles. The van der Waals surface area contributed by atoms with Crippen LogP contribution in [0.5, 0.6) is 0 Å². The van der Waals surface area contributed by atoms with Crippen LogP contribution in [0.25, 0.3) is 0 Å². The van der Waals surface area contributed by atoms with Crippen LogP contribution in [0.4, 0.5) is 5.95 Å². The van der Waals surface area contributed by atoms with Crippen LogP contribution in [0.15, 0.2) is 0 Å². The van der Waals surface area contributed by atoms with Crippen LogP contribution in [0.3, 0.4) is 0 Å². The summed E-state index contributed by atoms with van der Waals surface area (Å²) in [5.41, 5.74) is 7.58. The predicted molar refractivity (Wildman–Crippen MR) is 72.6 cm³/mol. The average molecular weight is 249 g/mol. The summed E-state index contributed by atoms with van der Waals surface area (Å²) in [6, 6.07) is 0.534. The molecule has 0 aromatic carbocycles. The molecular formula is C13H23N5. The molecule has 5 heteroatoms. The van der Waals surface area contributed by atoms with Gasteiger partial charge in [0.05, 0.1) is 11.4 Å². The van der Waals surface area contributed by atoms with Gasteiger partial charge in [-0.25, -0.2) is 4.98 Å². The van der Waals surface area contributed by atoms with Crippen molar-refractivity contribution in [3.05, 3.63) is 11.4 Å². The van der Waals surface area contributed by atoms with Crippen molar-refractivity contribution in [2.24, 2.45) is 5.73 Å². The Hall–Kier alpha value is -1.23. The number of nitrogens with zero attached hydrogens (tertiary/aromatic N) is 4. The van der Waals surface area contributed by atoms with Crippen LogP contribution >= 0.6 is 0 Å². The van der Waals surface area contributed by atoms with Crippen LogP contribution in [0.1, 0.15) is 43.5 Å². The maximum absolute atomic E-state index is 5.72. The van der Waals surface area contributed by atoms with Crippen molar-refractivity contribution in [3.63, 3.8) is 0 Å². The van der Waals surface area contributed by atoms with E-state index < -0.39 is 0 Å². The molecular weight excluding hydrogens is 226 g/mol. The monoisotopic (exact) mass is 249 g/mol. The molecule has 100 valence electrons. The Kier molecular flexibility index (Phi) is 4.47. The molecule has 1 aromatic rings. The molecule has 0 bridgehead atoms. The van der Waals surface area contributed by atoms with Gasteiger partial charge in [-0.2, -0.15) is 5.10 Å². The topological polar surface area (TPSA) is 67.9 Å². The Morgan fingerprint density at radius 3 is 2.44 bits per heavy atom. The van der Waals surface area contributed by atoms with Crippen LogP contribution < -0.4 is 10.6 Å². The first kappa shape index (κ1) is 13.2. The number of aromatic nitrogens is 3. The van der Waals surface area contributed by atoms with Crippen molar-refractivity contribution >= 4 is 5.95 Å². The molecule has 0 aliphatic heterocycles. The van der Waals surface area contributed by atoms with Crippen molar-refractivity contribution in [2.75, 3.05) is 18.0 Å². The second-order valence-electron chi connectivity index (χ2n) is 5.06. The van der Waals surface area contributed by atoms with E-state index in [4.69, 9.17) is 5.73 Å². The van der Waals surface area contributed by atoms with E-state index in [1.165, 1.54) is 32.1 Å². The van der Waals surface area contributed by atoms with Crippen molar-refractivity contribution in [2.45, 2.75) is 52.0 Å². The molecule has 1 aliphatic rings. The normalized spacial score (nSPS) is 16.8. The fourth-order valence-corrected chi connectivity index (χ4v) is 2.54. The Morgan fingerprint density at radius 1 is 1.11 bits per heavy atom. The molecule has 0 radical (unpaired) electrons. The Labute approximate surface area is 109 Å². The fourth-order valence-electron chi connectivity index (χ4n) is 2.54. The lowest BCUT2D eigenvalue weighted by Crippen LogP contribution is -2.41. The minimum absolute atomic E-state index is 0.534. The number of anilines is 1. The standard InChI is InChI=1S/C13H23N5/c1-10-11(2)16-17-13(15-10)18(9-8-14)12-6-4-3-5-7-12/h12H,3-9,14H2,1-2H3. The van der Waals surface area contributed by atoms with Crippen LogP contribution in [0.2, 0.25) is 0 Å². The van der Waals surface area contributed by atoms with E-state index in [2.05, 4.69) is 20.1 Å². The van der Waals surface area contributed by atoms with E-state index in [0.717, 1.165) is 23.9 Å². The SMILES string of the molecule is Cc1nnc(N(CCN)C2CCCCC2)nc1C. The summed E-state index contributed by atoms with van der Waals surface area (Å²) in [5.74, 6) is 0.746. The van der Waals surface area contributed by atoms with Gasteiger partial charge in [0, 0.05) is 19.1 Å². The Bertz CT molecular complexity index is 387. The first-order valence-electron chi connectivity index (χ1n) is 6.87. The van der Waals surface area contributed by atoms with Gasteiger partial charge in [0.2, 0.25) is 5.95 Å². The molecule has 2 rings (SSSR count). The summed E-state index contributed by atoms with van der Waals surface area (Å²) in [7, 11) is 0. The minimum Gasteiger partial charge on any atom is -0.335 e. The van der Waals surface area contributed by atoms with Crippen LogP contribution in [-0.4, -0.2) is 34.3 Å². The third kappa shape index (κ3) is 2.96. The zero-order valence-corrected chi connectivity index (χ0v) is 11.4. The highest BCUT2D eigenvalue weighted by atomic mass is 15.3. The Morgan fingerprint density at radius 2 is 1.83 bits per heavy atom. The van der Waals surface area contributed by atoms with Gasteiger partial charge in [-0.1, -0.05) is 19.3 Å². The second-order valence-corrected chi connectivity index (χ2v) is 5.06. The van der Waals surface area contributed by atoms with Gasteiger partial charge in [0.15, 0.2) is 0 Å². The van der Waals surface area contributed by atoms with E-state index in [-0.39, 0.29) is 0 Å². The molecule has 1 heterocycles. The first-order valence-corrected chi connectivity index (χ1v) is 6.87. The minimum atomic E-state index is 0.534. The molecule has 1 fully saturated rings. The molecule has 5 nitrogen and oxygen atoms in total. The summed E-state index contributed by atoms with van der Waals surface area (Å²) in [6.45, 7) is 5.36. The quantitative estimate of drug-likeness (QED) is 0.877. The van der Waals surface area contributed by atoms with E-state index in [1.54, 1.807) is 0 Å². The van der Waals surface area contributed by atoms with Gasteiger partial charge in [0.1, 0.15) is 0 Å². The first-order chi connectivity index (χ1) is 8.72. The van der Waals surface area contributed by atoms with Gasteiger partial charge in [0.25, 0.3) is 0 Å². The fraction of sp³-hybridized carbons (Fsp3) is 0.769. The smallest absolute Gasteiger partial charge is 0.245 e. The number of hydrogen-bond donors (Lipinski definition) is 1. The van der Waals surface area contributed by atoms with Crippen molar-refractivity contribution in [1.29, 1.82) is 0 Å². The summed E-state index contributed by atoms with van der Waals surface area (Å²) >= 11 is 0. The number of aryl methyl sites for hydroxylation is 2. The van der Waals surface area contributed by atoms with Gasteiger partial charge in [-0.3, -0.25) is 0 Å². The highest BCUT2D eigenvalue weighted by Gasteiger charge is 2.23. The van der Waals surface area contributed by atoms with Crippen molar-refractivity contribution < 1.29 is 0 Å². The molecule has 0 atom stereocenters. The van der Waals surface area contributed by atoms with E-state index in [9.17, 15) is 0 Å². The molecule has 0 saturated heterocycles. The zero-order valence-electron chi connectivity index (χ0n) is 11.4. The summed E-state index contributed by atoms with van der Waals surface area (Å²) in [6.07, 6.45) is 6.37. The zero-order chi connectivity index (χ0) is 13.0. The van der Waals surface area contributed by atoms with Gasteiger partial charge in [-0.15, -0.1) is 5.10 Å². The Balaban J connectivity index is 2.19. The maximum atomic E-state index is 5.72. The molecule has 1 saturated carbocycles. The van der Waals surface area contributed by atoms with Crippen molar-refractivity contribution in [1.82, 2.24) is 15.2 Å². The van der Waals surface area contributed by atoms with Crippen molar-refractivity contribution in [3.8, 4) is 0 Å². The average Bonchev–Trinajstić information content (AvgIpc) is 2.40. The van der Waals surface area contributed by atoms with E-state index in [1.807, 2.05) is 13.8 Å². The van der Waals surface area contributed by atoms with Gasteiger partial charge >= 0.3 is 0 Å². The third-order valence-corrected chi connectivity index (χ3v) is 3.72. The highest BCUT2D eigenvalue weighted by Crippen LogP contribution is 2.25. The van der Waals surface area contributed by atoms with E-state index >= 15 is 0 Å². The predicted octanol–water partition coefficient (Wildman–Crippen LogP) is 1.59. The molecule has 2 N–H and O–H groups in total. The molecule has 0 spiro atoms. The molecule has 18 heavy (non-hydrogen) atoms. The van der Waals surface area contributed by atoms with E-state index in [0.29, 0.717) is 12.6 Å².